The Morgan fingerprint density at radius 2 is 2.10 bits per heavy atom. The van der Waals surface area contributed by atoms with E-state index in [1.165, 1.54) is 0 Å². The highest BCUT2D eigenvalue weighted by Gasteiger charge is 2.23. The quantitative estimate of drug-likeness (QED) is 0.879. The maximum atomic E-state index is 11.2. The minimum Gasteiger partial charge on any atom is -0.371 e. The zero-order chi connectivity index (χ0) is 15.4. The lowest BCUT2D eigenvalue weighted by molar-refractivity contribution is -0.122. The third-order valence-electron chi connectivity index (χ3n) is 4.00. The predicted octanol–water partition coefficient (Wildman–Crippen LogP) is 2.54. The Morgan fingerprint density at radius 3 is 2.62 bits per heavy atom. The van der Waals surface area contributed by atoms with Gasteiger partial charge in [-0.2, -0.15) is 0 Å². The summed E-state index contributed by atoms with van der Waals surface area (Å²) in [4.78, 5) is 13.5. The van der Waals surface area contributed by atoms with E-state index in [1.807, 2.05) is 6.07 Å². The number of hydrogen-bond donors (Lipinski definition) is 2. The van der Waals surface area contributed by atoms with Crippen LogP contribution in [-0.2, 0) is 11.3 Å². The molecule has 0 aliphatic carbocycles. The number of nitrogens with one attached hydrogen (secondary N) is 1. The molecule has 0 spiro atoms. The summed E-state index contributed by atoms with van der Waals surface area (Å²) in [6, 6.07) is 6.64. The number of rotatable bonds is 5. The molecule has 116 valence electrons. The first-order valence-electron chi connectivity index (χ1n) is 7.53. The third kappa shape index (κ3) is 4.35. The molecular weight excluding hydrogens is 286 g/mol. The second-order valence-electron chi connectivity index (χ2n) is 5.98. The van der Waals surface area contributed by atoms with Gasteiger partial charge in [-0.3, -0.25) is 4.79 Å². The number of halogens is 1. The molecule has 2 rings (SSSR count). The number of nitrogens with two attached hydrogens (primary N) is 1. The van der Waals surface area contributed by atoms with E-state index in [-0.39, 0.29) is 11.8 Å². The van der Waals surface area contributed by atoms with E-state index in [0.29, 0.717) is 6.04 Å². The van der Waals surface area contributed by atoms with Crippen molar-refractivity contribution in [3.8, 4) is 0 Å². The smallest absolute Gasteiger partial charge is 0.220 e. The third-order valence-corrected chi connectivity index (χ3v) is 4.35. The SMILES string of the molecule is CC(C)NCc1ccc(N2CCC(C(N)=O)CC2)cc1Cl. The molecule has 1 saturated heterocycles. The van der Waals surface area contributed by atoms with E-state index >= 15 is 0 Å². The highest BCUT2D eigenvalue weighted by Crippen LogP contribution is 2.27. The van der Waals surface area contributed by atoms with Crippen LogP contribution in [0.2, 0.25) is 5.02 Å². The first-order chi connectivity index (χ1) is 9.97. The maximum Gasteiger partial charge on any atom is 0.220 e. The fourth-order valence-electron chi connectivity index (χ4n) is 2.61. The van der Waals surface area contributed by atoms with Gasteiger partial charge < -0.3 is 16.0 Å². The number of carbonyl (C=O) groups excluding carboxylic acids is 1. The lowest BCUT2D eigenvalue weighted by Gasteiger charge is -2.32. The summed E-state index contributed by atoms with van der Waals surface area (Å²) in [7, 11) is 0. The Kier molecular flexibility index (Phi) is 5.48. The molecule has 1 heterocycles. The number of carbonyl (C=O) groups is 1. The largest absolute Gasteiger partial charge is 0.371 e. The topological polar surface area (TPSA) is 58.4 Å². The molecular formula is C16H24ClN3O. The Bertz CT molecular complexity index is 496. The van der Waals surface area contributed by atoms with Crippen LogP contribution in [0.1, 0.15) is 32.3 Å². The molecule has 0 aromatic heterocycles. The van der Waals surface area contributed by atoms with Crippen molar-refractivity contribution in [1.82, 2.24) is 5.32 Å². The van der Waals surface area contributed by atoms with Gasteiger partial charge in [-0.25, -0.2) is 0 Å². The molecule has 1 aromatic rings. The molecule has 3 N–H and O–H groups in total. The average molecular weight is 310 g/mol. The van der Waals surface area contributed by atoms with Crippen molar-refractivity contribution >= 4 is 23.2 Å². The van der Waals surface area contributed by atoms with E-state index in [4.69, 9.17) is 17.3 Å². The Labute approximate surface area is 131 Å². The summed E-state index contributed by atoms with van der Waals surface area (Å²) in [5, 5.41) is 4.16. The van der Waals surface area contributed by atoms with Crippen molar-refractivity contribution in [2.24, 2.45) is 11.7 Å². The molecule has 1 fully saturated rings. The standard InChI is InChI=1S/C16H24ClN3O/c1-11(2)19-10-13-3-4-14(9-15(13)17)20-7-5-12(6-8-20)16(18)21/h3-4,9,11-12,19H,5-8,10H2,1-2H3,(H2,18,21). The molecule has 1 aliphatic rings. The van der Waals surface area contributed by atoms with E-state index in [0.717, 1.165) is 48.7 Å². The van der Waals surface area contributed by atoms with Crippen LogP contribution in [0.5, 0.6) is 0 Å². The zero-order valence-corrected chi connectivity index (χ0v) is 13.5. The number of primary amides is 1. The predicted molar refractivity (Wildman–Crippen MR) is 87.6 cm³/mol. The van der Waals surface area contributed by atoms with E-state index in [9.17, 15) is 4.79 Å². The fraction of sp³-hybridized carbons (Fsp3) is 0.562. The van der Waals surface area contributed by atoms with Crippen LogP contribution in [0.4, 0.5) is 5.69 Å². The number of hydrogen-bond acceptors (Lipinski definition) is 3. The molecule has 0 saturated carbocycles. The minimum absolute atomic E-state index is 0.0197. The van der Waals surface area contributed by atoms with Gasteiger partial charge in [0.1, 0.15) is 0 Å². The van der Waals surface area contributed by atoms with Crippen molar-refractivity contribution in [1.29, 1.82) is 0 Å². The average Bonchev–Trinajstić information content (AvgIpc) is 2.46. The monoisotopic (exact) mass is 309 g/mol. The molecule has 4 nitrogen and oxygen atoms in total. The zero-order valence-electron chi connectivity index (χ0n) is 12.7. The van der Waals surface area contributed by atoms with Crippen LogP contribution in [0.15, 0.2) is 18.2 Å². The van der Waals surface area contributed by atoms with Gasteiger partial charge in [-0.1, -0.05) is 31.5 Å². The summed E-state index contributed by atoms with van der Waals surface area (Å²) >= 11 is 6.37. The van der Waals surface area contributed by atoms with E-state index in [2.05, 4.69) is 36.2 Å². The van der Waals surface area contributed by atoms with Crippen molar-refractivity contribution in [3.05, 3.63) is 28.8 Å². The van der Waals surface area contributed by atoms with E-state index < -0.39 is 0 Å². The molecule has 1 aliphatic heterocycles. The Balaban J connectivity index is 1.99. The number of amides is 1. The summed E-state index contributed by atoms with van der Waals surface area (Å²) < 4.78 is 0. The molecule has 0 atom stereocenters. The number of nitrogens with zero attached hydrogens (tertiary/aromatic N) is 1. The number of benzene rings is 1. The van der Waals surface area contributed by atoms with Gasteiger partial charge in [-0.15, -0.1) is 0 Å². The Hall–Kier alpha value is -1.26. The van der Waals surface area contributed by atoms with Crippen LogP contribution in [-0.4, -0.2) is 25.0 Å². The van der Waals surface area contributed by atoms with Gasteiger partial charge in [0.25, 0.3) is 0 Å². The fourth-order valence-corrected chi connectivity index (χ4v) is 2.85. The minimum atomic E-state index is -0.178. The first-order valence-corrected chi connectivity index (χ1v) is 7.91. The summed E-state index contributed by atoms with van der Waals surface area (Å²) in [5.74, 6) is -0.158. The van der Waals surface area contributed by atoms with Crippen LogP contribution < -0.4 is 16.0 Å². The van der Waals surface area contributed by atoms with Gasteiger partial charge >= 0.3 is 0 Å². The lowest BCUT2D eigenvalue weighted by atomic mass is 9.96. The second-order valence-corrected chi connectivity index (χ2v) is 6.38. The summed E-state index contributed by atoms with van der Waals surface area (Å²) in [5.41, 5.74) is 7.60. The molecule has 0 unspecified atom stereocenters. The Morgan fingerprint density at radius 1 is 1.43 bits per heavy atom. The molecule has 21 heavy (non-hydrogen) atoms. The number of anilines is 1. The summed E-state index contributed by atoms with van der Waals surface area (Å²) in [6.07, 6.45) is 1.65. The van der Waals surface area contributed by atoms with Crippen molar-refractivity contribution < 1.29 is 4.79 Å². The van der Waals surface area contributed by atoms with Crippen LogP contribution in [0, 0.1) is 5.92 Å². The van der Waals surface area contributed by atoms with E-state index in [1.54, 1.807) is 0 Å². The summed E-state index contributed by atoms with van der Waals surface area (Å²) in [6.45, 7) is 6.72. The lowest BCUT2D eigenvalue weighted by Crippen LogP contribution is -2.38. The van der Waals surface area contributed by atoms with Gasteiger partial charge in [0.2, 0.25) is 5.91 Å². The maximum absolute atomic E-state index is 11.2. The molecule has 0 bridgehead atoms. The normalized spacial score (nSPS) is 16.5. The second kappa shape index (κ2) is 7.14. The highest BCUT2D eigenvalue weighted by atomic mass is 35.5. The van der Waals surface area contributed by atoms with Crippen LogP contribution in [0.3, 0.4) is 0 Å². The molecule has 0 radical (unpaired) electrons. The molecule has 1 aromatic carbocycles. The van der Waals surface area contributed by atoms with Gasteiger partial charge in [-0.05, 0) is 30.5 Å². The van der Waals surface area contributed by atoms with Gasteiger partial charge in [0, 0.05) is 42.3 Å². The first kappa shape index (κ1) is 16.1. The van der Waals surface area contributed by atoms with Crippen LogP contribution >= 0.6 is 11.6 Å². The molecule has 5 heteroatoms. The molecule has 1 amide bonds. The van der Waals surface area contributed by atoms with Crippen molar-refractivity contribution in [3.63, 3.8) is 0 Å². The van der Waals surface area contributed by atoms with Crippen molar-refractivity contribution in [2.45, 2.75) is 39.3 Å². The van der Waals surface area contributed by atoms with Gasteiger partial charge in [0.05, 0.1) is 0 Å². The highest BCUT2D eigenvalue weighted by molar-refractivity contribution is 6.31. The van der Waals surface area contributed by atoms with Crippen molar-refractivity contribution in [2.75, 3.05) is 18.0 Å². The van der Waals surface area contributed by atoms with Gasteiger partial charge in [0.15, 0.2) is 0 Å². The van der Waals surface area contributed by atoms with Crippen LogP contribution in [0.25, 0.3) is 0 Å². The number of piperidine rings is 1.